The fourth-order valence-electron chi connectivity index (χ4n) is 1.47. The summed E-state index contributed by atoms with van der Waals surface area (Å²) in [6.07, 6.45) is -0.129. The highest BCUT2D eigenvalue weighted by atomic mass is 79.9. The number of carbonyl (C=O) groups excluding carboxylic acids is 1. The maximum atomic E-state index is 11.6. The molecule has 0 fully saturated rings. The van der Waals surface area contributed by atoms with Gasteiger partial charge in [0.25, 0.3) is 0 Å². The first-order chi connectivity index (χ1) is 8.62. The summed E-state index contributed by atoms with van der Waals surface area (Å²) in [5.74, 6) is 0.118. The lowest BCUT2D eigenvalue weighted by Crippen LogP contribution is -2.29. The Morgan fingerprint density at radius 1 is 1.44 bits per heavy atom. The zero-order chi connectivity index (χ0) is 13.5. The predicted molar refractivity (Wildman–Crippen MR) is 71.4 cm³/mol. The molecular formula is C13H17BrO4. The summed E-state index contributed by atoms with van der Waals surface area (Å²) in [4.78, 5) is 11.6. The minimum absolute atomic E-state index is 0.145. The summed E-state index contributed by atoms with van der Waals surface area (Å²) in [5, 5.41) is 9.25. The van der Waals surface area contributed by atoms with Gasteiger partial charge in [-0.2, -0.15) is 0 Å². The number of aliphatic hydroxyl groups is 1. The molecule has 100 valence electrons. The van der Waals surface area contributed by atoms with Crippen LogP contribution in [-0.4, -0.2) is 23.8 Å². The molecule has 0 spiro atoms. The third kappa shape index (κ3) is 3.99. The van der Waals surface area contributed by atoms with Crippen LogP contribution in [0.2, 0.25) is 0 Å². The summed E-state index contributed by atoms with van der Waals surface area (Å²) < 4.78 is 11.4. The zero-order valence-corrected chi connectivity index (χ0v) is 12.1. The summed E-state index contributed by atoms with van der Waals surface area (Å²) in [7, 11) is 0. The summed E-state index contributed by atoms with van der Waals surface area (Å²) in [6.45, 7) is 3.78. The van der Waals surface area contributed by atoms with Gasteiger partial charge in [-0.1, -0.05) is 22.9 Å². The van der Waals surface area contributed by atoms with Crippen LogP contribution in [-0.2, 0) is 16.1 Å². The standard InChI is InChI=1S/C13H17BrO4/c1-3-11(13(16)17-4-2)18-12-6-5-10(14)7-9(12)8-15/h5-7,11,15H,3-4,8H2,1-2H3. The highest BCUT2D eigenvalue weighted by Gasteiger charge is 2.20. The van der Waals surface area contributed by atoms with E-state index in [0.717, 1.165) is 4.47 Å². The molecule has 0 aliphatic heterocycles. The largest absolute Gasteiger partial charge is 0.478 e. The maximum Gasteiger partial charge on any atom is 0.347 e. The molecule has 1 rings (SSSR count). The maximum absolute atomic E-state index is 11.6. The van der Waals surface area contributed by atoms with Crippen LogP contribution < -0.4 is 4.74 Å². The van der Waals surface area contributed by atoms with Gasteiger partial charge >= 0.3 is 5.97 Å². The normalized spacial score (nSPS) is 12.0. The summed E-state index contributed by atoms with van der Waals surface area (Å²) in [5.41, 5.74) is 0.632. The Morgan fingerprint density at radius 3 is 2.72 bits per heavy atom. The van der Waals surface area contributed by atoms with Gasteiger partial charge in [0.2, 0.25) is 0 Å². The van der Waals surface area contributed by atoms with E-state index in [1.54, 1.807) is 25.1 Å². The van der Waals surface area contributed by atoms with Gasteiger partial charge in [0.05, 0.1) is 13.2 Å². The van der Waals surface area contributed by atoms with E-state index >= 15 is 0 Å². The van der Waals surface area contributed by atoms with Gasteiger partial charge in [-0.15, -0.1) is 0 Å². The molecule has 1 atom stereocenters. The topological polar surface area (TPSA) is 55.8 Å². The van der Waals surface area contributed by atoms with E-state index in [4.69, 9.17) is 9.47 Å². The molecule has 1 N–H and O–H groups in total. The van der Waals surface area contributed by atoms with E-state index in [9.17, 15) is 9.90 Å². The van der Waals surface area contributed by atoms with Gasteiger partial charge in [-0.25, -0.2) is 4.79 Å². The SMILES string of the molecule is CCOC(=O)C(CC)Oc1ccc(Br)cc1CO. The second-order valence-corrected chi connectivity index (χ2v) is 4.59. The first kappa shape index (κ1) is 15.0. The summed E-state index contributed by atoms with van der Waals surface area (Å²) in [6, 6.07) is 5.27. The lowest BCUT2D eigenvalue weighted by molar-refractivity contribution is -0.151. The van der Waals surface area contributed by atoms with Crippen molar-refractivity contribution in [3.8, 4) is 5.75 Å². The second kappa shape index (κ2) is 7.38. The molecule has 0 aliphatic carbocycles. The van der Waals surface area contributed by atoms with E-state index in [1.165, 1.54) is 0 Å². The van der Waals surface area contributed by atoms with Crippen LogP contribution in [0.4, 0.5) is 0 Å². The fraction of sp³-hybridized carbons (Fsp3) is 0.462. The van der Waals surface area contributed by atoms with E-state index < -0.39 is 6.10 Å². The molecule has 0 saturated heterocycles. The van der Waals surface area contributed by atoms with Crippen LogP contribution in [0.25, 0.3) is 0 Å². The average molecular weight is 317 g/mol. The molecule has 1 aromatic carbocycles. The van der Waals surface area contributed by atoms with Gasteiger partial charge in [0.15, 0.2) is 6.10 Å². The minimum Gasteiger partial charge on any atom is -0.478 e. The number of ether oxygens (including phenoxy) is 2. The average Bonchev–Trinajstić information content (AvgIpc) is 2.37. The number of aliphatic hydroxyl groups excluding tert-OH is 1. The molecule has 0 radical (unpaired) electrons. The lowest BCUT2D eigenvalue weighted by atomic mass is 10.2. The monoisotopic (exact) mass is 316 g/mol. The smallest absolute Gasteiger partial charge is 0.347 e. The second-order valence-electron chi connectivity index (χ2n) is 3.68. The highest BCUT2D eigenvalue weighted by molar-refractivity contribution is 9.10. The summed E-state index contributed by atoms with van der Waals surface area (Å²) >= 11 is 3.32. The number of halogens is 1. The van der Waals surface area contributed by atoms with Crippen molar-refractivity contribution >= 4 is 21.9 Å². The molecular weight excluding hydrogens is 300 g/mol. The number of rotatable bonds is 6. The van der Waals surface area contributed by atoms with Crippen LogP contribution in [0.1, 0.15) is 25.8 Å². The highest BCUT2D eigenvalue weighted by Crippen LogP contribution is 2.24. The molecule has 0 amide bonds. The third-order valence-electron chi connectivity index (χ3n) is 2.38. The van der Waals surface area contributed by atoms with Gasteiger partial charge in [-0.05, 0) is 31.5 Å². The Bertz CT molecular complexity index is 406. The van der Waals surface area contributed by atoms with Crippen molar-refractivity contribution in [2.24, 2.45) is 0 Å². The van der Waals surface area contributed by atoms with E-state index in [0.29, 0.717) is 24.3 Å². The van der Waals surface area contributed by atoms with Crippen LogP contribution in [0.5, 0.6) is 5.75 Å². The molecule has 5 heteroatoms. The van der Waals surface area contributed by atoms with Crippen molar-refractivity contribution in [1.29, 1.82) is 0 Å². The van der Waals surface area contributed by atoms with Crippen molar-refractivity contribution in [3.63, 3.8) is 0 Å². The molecule has 4 nitrogen and oxygen atoms in total. The number of hydrogen-bond acceptors (Lipinski definition) is 4. The van der Waals surface area contributed by atoms with Crippen LogP contribution in [0.15, 0.2) is 22.7 Å². The van der Waals surface area contributed by atoms with Crippen LogP contribution in [0.3, 0.4) is 0 Å². The Kier molecular flexibility index (Phi) is 6.15. The van der Waals surface area contributed by atoms with Crippen LogP contribution in [0, 0.1) is 0 Å². The van der Waals surface area contributed by atoms with Crippen molar-refractivity contribution in [3.05, 3.63) is 28.2 Å². The van der Waals surface area contributed by atoms with E-state index in [2.05, 4.69) is 15.9 Å². The molecule has 0 aromatic heterocycles. The van der Waals surface area contributed by atoms with E-state index in [1.807, 2.05) is 6.92 Å². The number of benzene rings is 1. The first-order valence-electron chi connectivity index (χ1n) is 5.84. The zero-order valence-electron chi connectivity index (χ0n) is 10.5. The fourth-order valence-corrected chi connectivity index (χ4v) is 1.88. The molecule has 0 heterocycles. The van der Waals surface area contributed by atoms with Crippen molar-refractivity contribution < 1.29 is 19.4 Å². The number of carbonyl (C=O) groups is 1. The minimum atomic E-state index is -0.642. The molecule has 18 heavy (non-hydrogen) atoms. The number of esters is 1. The Morgan fingerprint density at radius 2 is 2.17 bits per heavy atom. The number of hydrogen-bond donors (Lipinski definition) is 1. The third-order valence-corrected chi connectivity index (χ3v) is 2.88. The van der Waals surface area contributed by atoms with E-state index in [-0.39, 0.29) is 12.6 Å². The molecule has 0 saturated carbocycles. The van der Waals surface area contributed by atoms with Gasteiger partial charge < -0.3 is 14.6 Å². The predicted octanol–water partition coefficient (Wildman–Crippen LogP) is 2.66. The van der Waals surface area contributed by atoms with Crippen molar-refractivity contribution in [1.82, 2.24) is 0 Å². The molecule has 0 bridgehead atoms. The molecule has 1 aromatic rings. The lowest BCUT2D eigenvalue weighted by Gasteiger charge is -2.18. The van der Waals surface area contributed by atoms with Crippen LogP contribution >= 0.6 is 15.9 Å². The van der Waals surface area contributed by atoms with Crippen molar-refractivity contribution in [2.75, 3.05) is 6.61 Å². The van der Waals surface area contributed by atoms with Gasteiger partial charge in [0, 0.05) is 10.0 Å². The molecule has 1 unspecified atom stereocenters. The quantitative estimate of drug-likeness (QED) is 0.820. The van der Waals surface area contributed by atoms with Gasteiger partial charge in [0.1, 0.15) is 5.75 Å². The Balaban J connectivity index is 2.84. The van der Waals surface area contributed by atoms with Gasteiger partial charge in [-0.3, -0.25) is 0 Å². The Labute approximate surface area is 115 Å². The van der Waals surface area contributed by atoms with Crippen molar-refractivity contribution in [2.45, 2.75) is 33.0 Å². The first-order valence-corrected chi connectivity index (χ1v) is 6.64. The Hall–Kier alpha value is -1.07. The molecule has 0 aliphatic rings.